The third kappa shape index (κ3) is 5.32. The topological polar surface area (TPSA) is 20.1 Å². The lowest BCUT2D eigenvalue weighted by molar-refractivity contribution is -0.519. The summed E-state index contributed by atoms with van der Waals surface area (Å²) < 4.78 is 13.9. The second-order valence-corrected chi connectivity index (χ2v) is 8.53. The van der Waals surface area contributed by atoms with E-state index in [1.165, 1.54) is 0 Å². The summed E-state index contributed by atoms with van der Waals surface area (Å²) >= 11 is 11.7. The van der Waals surface area contributed by atoms with Crippen LogP contribution in [0.4, 0.5) is 0 Å². The zero-order valence-electron chi connectivity index (χ0n) is 10.4. The molecule has 0 aliphatic heterocycles. The van der Waals surface area contributed by atoms with E-state index < -0.39 is 5.85 Å². The third-order valence-corrected chi connectivity index (χ3v) is 4.85. The van der Waals surface area contributed by atoms with Gasteiger partial charge >= 0.3 is 5.85 Å². The molecule has 2 nitrogen and oxygen atoms in total. The van der Waals surface area contributed by atoms with E-state index in [9.17, 15) is 4.57 Å². The molecule has 0 heterocycles. The summed E-state index contributed by atoms with van der Waals surface area (Å²) in [5.41, 5.74) is 1.69. The first-order chi connectivity index (χ1) is 7.99. The van der Waals surface area contributed by atoms with Crippen LogP contribution in [0.15, 0.2) is 30.3 Å². The molecule has 0 saturated carbocycles. The third-order valence-electron chi connectivity index (χ3n) is 2.63. The predicted octanol–water partition coefficient (Wildman–Crippen LogP) is 1.35. The second-order valence-electron chi connectivity index (χ2n) is 3.71. The lowest BCUT2D eigenvalue weighted by Crippen LogP contribution is -3.00. The molecule has 0 amide bonds. The van der Waals surface area contributed by atoms with E-state index in [2.05, 4.69) is 0 Å². The van der Waals surface area contributed by atoms with Crippen molar-refractivity contribution in [1.29, 1.82) is 0 Å². The highest BCUT2D eigenvalue weighted by atomic mass is 35.9. The fraction of sp³-hybridized carbons (Fsp3) is 0.417. The zero-order valence-corrected chi connectivity index (χ0v) is 13.6. The average Bonchev–Trinajstić information content (AvgIpc) is 2.29. The molecule has 0 fully saturated rings. The van der Waals surface area contributed by atoms with Crippen LogP contribution < -0.4 is 12.4 Å². The standard InChI is InChI=1S/C12H17Cl2NOP.ClH/c1-3-15(4-2)12(17(13,14)16)10-11-8-6-5-7-9-11;/h5-9H,3-4,10H2,1-2H3;1H/q+1;/p-1. The van der Waals surface area contributed by atoms with Gasteiger partial charge in [-0.2, -0.15) is 0 Å². The van der Waals surface area contributed by atoms with Crippen LogP contribution in [0.2, 0.25) is 0 Å². The Morgan fingerprint density at radius 2 is 1.67 bits per heavy atom. The van der Waals surface area contributed by atoms with E-state index in [0.29, 0.717) is 11.9 Å². The van der Waals surface area contributed by atoms with Gasteiger partial charge in [0.15, 0.2) is 0 Å². The minimum atomic E-state index is -3.24. The van der Waals surface area contributed by atoms with Crippen molar-refractivity contribution in [2.24, 2.45) is 0 Å². The first-order valence-corrected chi connectivity index (χ1v) is 9.15. The normalized spacial score (nSPS) is 10.7. The van der Waals surface area contributed by atoms with E-state index in [1.807, 2.05) is 48.8 Å². The molecule has 0 saturated heterocycles. The predicted molar refractivity (Wildman–Crippen MR) is 75.8 cm³/mol. The first kappa shape index (κ1) is 18.0. The van der Waals surface area contributed by atoms with Crippen LogP contribution in [-0.2, 0) is 11.0 Å². The van der Waals surface area contributed by atoms with Gasteiger partial charge in [0.1, 0.15) is 13.1 Å². The van der Waals surface area contributed by atoms with Crippen LogP contribution in [0.5, 0.6) is 0 Å². The summed E-state index contributed by atoms with van der Waals surface area (Å²) in [5, 5.41) is 0. The molecule has 18 heavy (non-hydrogen) atoms. The van der Waals surface area contributed by atoms with Gasteiger partial charge in [-0.1, -0.05) is 30.3 Å². The summed E-state index contributed by atoms with van der Waals surface area (Å²) in [6.07, 6.45) is 0.535. The monoisotopic (exact) mass is 327 g/mol. The highest BCUT2D eigenvalue weighted by molar-refractivity contribution is 8.19. The SMILES string of the molecule is CC[N+](CC)=C(Cc1ccccc1)P(=O)(Cl)Cl.[Cl-]. The minimum absolute atomic E-state index is 0. The molecular formula is C12H17Cl3NOP. The van der Waals surface area contributed by atoms with Gasteiger partial charge in [0.05, 0.1) is 6.42 Å². The molecule has 6 heteroatoms. The number of hydrogen-bond donors (Lipinski definition) is 0. The number of rotatable bonds is 5. The Bertz CT molecular complexity index is 436. The largest absolute Gasteiger partial charge is 1.00 e. The minimum Gasteiger partial charge on any atom is -1.00 e. The number of nitrogens with zero attached hydrogens (tertiary/aromatic N) is 1. The highest BCUT2D eigenvalue weighted by Gasteiger charge is 2.31. The smallest absolute Gasteiger partial charge is 0.339 e. The number of hydrogen-bond acceptors (Lipinski definition) is 1. The van der Waals surface area contributed by atoms with Crippen LogP contribution in [0.1, 0.15) is 19.4 Å². The lowest BCUT2D eigenvalue weighted by Gasteiger charge is -2.08. The molecule has 102 valence electrons. The highest BCUT2D eigenvalue weighted by Crippen LogP contribution is 2.58. The second kappa shape index (κ2) is 8.22. The molecule has 0 aromatic heterocycles. The molecule has 1 rings (SSSR count). The number of benzene rings is 1. The van der Waals surface area contributed by atoms with Gasteiger partial charge in [-0.25, -0.2) is 4.58 Å². The molecule has 0 atom stereocenters. The van der Waals surface area contributed by atoms with Crippen molar-refractivity contribution in [1.82, 2.24) is 0 Å². The molecule has 1 aromatic carbocycles. The Kier molecular flexibility index (Phi) is 8.21. The Hall–Kier alpha value is -0.0100. The molecule has 0 bridgehead atoms. The zero-order chi connectivity index (χ0) is 12.9. The van der Waals surface area contributed by atoms with Crippen molar-refractivity contribution in [3.63, 3.8) is 0 Å². The van der Waals surface area contributed by atoms with Crippen LogP contribution in [0.25, 0.3) is 0 Å². The number of halogens is 3. The van der Waals surface area contributed by atoms with Gasteiger partial charge in [-0.15, -0.1) is 0 Å². The van der Waals surface area contributed by atoms with E-state index in [-0.39, 0.29) is 12.4 Å². The van der Waals surface area contributed by atoms with Crippen LogP contribution in [-0.4, -0.2) is 23.1 Å². The van der Waals surface area contributed by atoms with Crippen molar-refractivity contribution >= 4 is 33.8 Å². The van der Waals surface area contributed by atoms with Gasteiger partial charge in [-0.05, 0) is 41.9 Å². The first-order valence-electron chi connectivity index (χ1n) is 5.63. The molecule has 0 unspecified atom stereocenters. The molecule has 0 aliphatic rings. The molecule has 0 N–H and O–H groups in total. The van der Waals surface area contributed by atoms with Crippen LogP contribution in [0.3, 0.4) is 0 Å². The van der Waals surface area contributed by atoms with Gasteiger partial charge in [0.25, 0.3) is 0 Å². The van der Waals surface area contributed by atoms with E-state index in [1.54, 1.807) is 0 Å². The fourth-order valence-electron chi connectivity index (χ4n) is 1.74. The van der Waals surface area contributed by atoms with Crippen LogP contribution in [0, 0.1) is 0 Å². The molecule has 1 aromatic rings. The molecule has 0 spiro atoms. The summed E-state index contributed by atoms with van der Waals surface area (Å²) in [5.74, 6) is -3.24. The molecule has 0 radical (unpaired) electrons. The van der Waals surface area contributed by atoms with Crippen molar-refractivity contribution in [2.75, 3.05) is 13.1 Å². The van der Waals surface area contributed by atoms with Gasteiger partial charge in [0, 0.05) is 0 Å². The fourth-order valence-corrected chi connectivity index (χ4v) is 3.71. The maximum atomic E-state index is 11.9. The summed E-state index contributed by atoms with van der Waals surface area (Å²) in [7, 11) is 0. The van der Waals surface area contributed by atoms with E-state index in [4.69, 9.17) is 22.5 Å². The molecular weight excluding hydrogens is 311 g/mol. The van der Waals surface area contributed by atoms with Gasteiger partial charge in [0.2, 0.25) is 5.45 Å². The van der Waals surface area contributed by atoms with Crippen molar-refractivity contribution in [3.8, 4) is 0 Å². The average molecular weight is 329 g/mol. The Labute approximate surface area is 124 Å². The van der Waals surface area contributed by atoms with E-state index >= 15 is 0 Å². The van der Waals surface area contributed by atoms with Crippen molar-refractivity contribution < 1.29 is 21.5 Å². The van der Waals surface area contributed by atoms with E-state index in [0.717, 1.165) is 18.7 Å². The maximum absolute atomic E-state index is 11.9. The summed E-state index contributed by atoms with van der Waals surface area (Å²) in [6, 6.07) is 9.80. The van der Waals surface area contributed by atoms with Gasteiger partial charge < -0.3 is 12.4 Å². The van der Waals surface area contributed by atoms with Crippen LogP contribution >= 0.6 is 28.3 Å². The Morgan fingerprint density at radius 1 is 1.17 bits per heavy atom. The summed E-state index contributed by atoms with van der Waals surface area (Å²) in [4.78, 5) is 0. The maximum Gasteiger partial charge on any atom is 0.339 e. The van der Waals surface area contributed by atoms with Crippen molar-refractivity contribution in [3.05, 3.63) is 35.9 Å². The Balaban J connectivity index is 0.00000289. The van der Waals surface area contributed by atoms with Crippen molar-refractivity contribution in [2.45, 2.75) is 20.3 Å². The molecule has 0 aliphatic carbocycles. The Morgan fingerprint density at radius 3 is 2.06 bits per heavy atom. The summed E-state index contributed by atoms with van der Waals surface area (Å²) in [6.45, 7) is 5.50. The lowest BCUT2D eigenvalue weighted by atomic mass is 10.2. The quantitative estimate of drug-likeness (QED) is 0.454. The van der Waals surface area contributed by atoms with Gasteiger partial charge in [-0.3, -0.25) is 4.57 Å².